The van der Waals surface area contributed by atoms with Gasteiger partial charge in [0.1, 0.15) is 24.4 Å². The Morgan fingerprint density at radius 1 is 1.48 bits per heavy atom. The average molecular weight is 306 g/mol. The lowest BCUT2D eigenvalue weighted by Crippen LogP contribution is -2.00. The highest BCUT2D eigenvalue weighted by Crippen LogP contribution is 2.25. The maximum absolute atomic E-state index is 8.65. The highest BCUT2D eigenvalue weighted by molar-refractivity contribution is 6.30. The van der Waals surface area contributed by atoms with E-state index in [4.69, 9.17) is 26.3 Å². The van der Waals surface area contributed by atoms with Crippen LogP contribution in [0, 0.1) is 11.3 Å². The Labute approximate surface area is 129 Å². The fourth-order valence-electron chi connectivity index (χ4n) is 1.45. The molecule has 0 aliphatic rings. The van der Waals surface area contributed by atoms with E-state index in [0.717, 1.165) is 5.57 Å². The smallest absolute Gasteiger partial charge is 0.181 e. The van der Waals surface area contributed by atoms with Gasteiger partial charge < -0.3 is 9.47 Å². The molecule has 0 aromatic carbocycles. The van der Waals surface area contributed by atoms with E-state index in [0.29, 0.717) is 23.6 Å². The van der Waals surface area contributed by atoms with E-state index in [9.17, 15) is 0 Å². The Bertz CT molecular complexity index is 603. The standard InChI is InChI=1S/C15H16ClN3O2/c1-4-12(7-8-17)6-5-11(2)21-9-13-14(20-3)15(16)19-10-18-13/h4-6,10H,2,7,9H2,1,3H3/b6-5-,12-4+. The molecule has 0 radical (unpaired) electrons. The molecular formula is C15H16ClN3O2. The molecule has 0 saturated carbocycles. The second kappa shape index (κ2) is 8.77. The van der Waals surface area contributed by atoms with Crippen molar-refractivity contribution < 1.29 is 9.47 Å². The molecule has 110 valence electrons. The van der Waals surface area contributed by atoms with Gasteiger partial charge >= 0.3 is 0 Å². The Hall–Kier alpha value is -2.32. The summed E-state index contributed by atoms with van der Waals surface area (Å²) in [4.78, 5) is 7.89. The number of nitrogens with zero attached hydrogens (tertiary/aromatic N) is 3. The van der Waals surface area contributed by atoms with Crippen LogP contribution in [-0.4, -0.2) is 17.1 Å². The van der Waals surface area contributed by atoms with Crippen LogP contribution in [0.25, 0.3) is 0 Å². The largest absolute Gasteiger partial charge is 0.492 e. The second-order valence-corrected chi connectivity index (χ2v) is 4.29. The van der Waals surface area contributed by atoms with E-state index in [1.807, 2.05) is 13.0 Å². The molecule has 21 heavy (non-hydrogen) atoms. The van der Waals surface area contributed by atoms with Gasteiger partial charge in [-0.25, -0.2) is 9.97 Å². The summed E-state index contributed by atoms with van der Waals surface area (Å²) in [5.41, 5.74) is 1.43. The topological polar surface area (TPSA) is 68.0 Å². The molecule has 0 saturated heterocycles. The third-order valence-electron chi connectivity index (χ3n) is 2.57. The quantitative estimate of drug-likeness (QED) is 0.437. The van der Waals surface area contributed by atoms with Crippen LogP contribution in [0.4, 0.5) is 0 Å². The van der Waals surface area contributed by atoms with Crippen LogP contribution in [0.3, 0.4) is 0 Å². The van der Waals surface area contributed by atoms with Crippen LogP contribution in [0.2, 0.25) is 5.15 Å². The lowest BCUT2D eigenvalue weighted by molar-refractivity contribution is 0.204. The summed E-state index contributed by atoms with van der Waals surface area (Å²) < 4.78 is 10.6. The summed E-state index contributed by atoms with van der Waals surface area (Å²) in [7, 11) is 1.49. The van der Waals surface area contributed by atoms with Gasteiger partial charge in [-0.15, -0.1) is 0 Å². The van der Waals surface area contributed by atoms with Crippen molar-refractivity contribution in [2.75, 3.05) is 7.11 Å². The monoisotopic (exact) mass is 305 g/mol. The van der Waals surface area contributed by atoms with Gasteiger partial charge in [-0.1, -0.05) is 30.3 Å². The fraction of sp³-hybridized carbons (Fsp3) is 0.267. The molecule has 0 bridgehead atoms. The number of hydrogen-bond acceptors (Lipinski definition) is 5. The summed E-state index contributed by atoms with van der Waals surface area (Å²) in [6.07, 6.45) is 7.03. The van der Waals surface area contributed by atoms with Gasteiger partial charge in [-0.05, 0) is 18.6 Å². The minimum Gasteiger partial charge on any atom is -0.492 e. The van der Waals surface area contributed by atoms with Crippen molar-refractivity contribution in [3.8, 4) is 11.8 Å². The fourth-order valence-corrected chi connectivity index (χ4v) is 1.68. The molecular weight excluding hydrogens is 290 g/mol. The van der Waals surface area contributed by atoms with Gasteiger partial charge in [-0.2, -0.15) is 5.26 Å². The van der Waals surface area contributed by atoms with Gasteiger partial charge in [0.15, 0.2) is 10.9 Å². The molecule has 6 heteroatoms. The van der Waals surface area contributed by atoms with E-state index >= 15 is 0 Å². The van der Waals surface area contributed by atoms with Crippen molar-refractivity contribution in [2.24, 2.45) is 0 Å². The van der Waals surface area contributed by atoms with Crippen LogP contribution in [0.5, 0.6) is 5.75 Å². The Morgan fingerprint density at radius 3 is 2.86 bits per heavy atom. The minimum atomic E-state index is 0.165. The molecule has 1 aromatic heterocycles. The zero-order valence-corrected chi connectivity index (χ0v) is 12.7. The highest BCUT2D eigenvalue weighted by atomic mass is 35.5. The van der Waals surface area contributed by atoms with Gasteiger partial charge in [0, 0.05) is 0 Å². The van der Waals surface area contributed by atoms with Crippen molar-refractivity contribution in [3.05, 3.63) is 53.3 Å². The minimum absolute atomic E-state index is 0.165. The maximum Gasteiger partial charge on any atom is 0.181 e. The van der Waals surface area contributed by atoms with Gasteiger partial charge in [0.05, 0.1) is 19.6 Å². The zero-order chi connectivity index (χ0) is 15.7. The number of halogens is 1. The number of aromatic nitrogens is 2. The van der Waals surface area contributed by atoms with Gasteiger partial charge in [0.25, 0.3) is 0 Å². The van der Waals surface area contributed by atoms with Crippen LogP contribution in [0.15, 0.2) is 42.5 Å². The number of hydrogen-bond donors (Lipinski definition) is 0. The van der Waals surface area contributed by atoms with E-state index in [-0.39, 0.29) is 11.8 Å². The third kappa shape index (κ3) is 5.28. The molecule has 5 nitrogen and oxygen atoms in total. The van der Waals surface area contributed by atoms with E-state index in [2.05, 4.69) is 22.6 Å². The lowest BCUT2D eigenvalue weighted by Gasteiger charge is -2.09. The number of allylic oxidation sites excluding steroid dienone is 4. The number of ether oxygens (including phenoxy) is 2. The predicted octanol–water partition coefficient (Wildman–Crippen LogP) is 3.59. The van der Waals surface area contributed by atoms with Crippen LogP contribution in [-0.2, 0) is 11.3 Å². The van der Waals surface area contributed by atoms with Crippen LogP contribution < -0.4 is 4.74 Å². The van der Waals surface area contributed by atoms with Crippen LogP contribution in [0.1, 0.15) is 19.0 Å². The molecule has 0 atom stereocenters. The summed E-state index contributed by atoms with van der Waals surface area (Å²) >= 11 is 5.89. The molecule has 0 N–H and O–H groups in total. The highest BCUT2D eigenvalue weighted by Gasteiger charge is 2.10. The molecule has 0 amide bonds. The molecule has 1 heterocycles. The van der Waals surface area contributed by atoms with Crippen molar-refractivity contribution >= 4 is 11.6 Å². The zero-order valence-electron chi connectivity index (χ0n) is 12.0. The third-order valence-corrected chi connectivity index (χ3v) is 2.84. The molecule has 0 aliphatic heterocycles. The number of nitriles is 1. The van der Waals surface area contributed by atoms with E-state index in [1.54, 1.807) is 12.2 Å². The maximum atomic E-state index is 8.65. The molecule has 0 spiro atoms. The summed E-state index contributed by atoms with van der Waals surface area (Å²) in [5, 5.41) is 8.88. The van der Waals surface area contributed by atoms with E-state index < -0.39 is 0 Å². The molecule has 0 aliphatic carbocycles. The van der Waals surface area contributed by atoms with Gasteiger partial charge in [0.2, 0.25) is 0 Å². The SMILES string of the molecule is C=C(/C=C\C(=C/C)CC#N)OCc1ncnc(Cl)c1OC. The summed E-state index contributed by atoms with van der Waals surface area (Å²) in [5.74, 6) is 0.832. The van der Waals surface area contributed by atoms with E-state index in [1.165, 1.54) is 13.4 Å². The molecule has 1 aromatic rings. The van der Waals surface area contributed by atoms with Gasteiger partial charge in [-0.3, -0.25) is 0 Å². The second-order valence-electron chi connectivity index (χ2n) is 3.93. The Balaban J connectivity index is 2.64. The first-order valence-corrected chi connectivity index (χ1v) is 6.55. The molecule has 0 unspecified atom stereocenters. The lowest BCUT2D eigenvalue weighted by atomic mass is 10.2. The first-order valence-electron chi connectivity index (χ1n) is 6.17. The normalized spacial score (nSPS) is 11.2. The van der Waals surface area contributed by atoms with Crippen LogP contribution >= 0.6 is 11.6 Å². The first-order chi connectivity index (χ1) is 10.1. The first kappa shape index (κ1) is 16.7. The van der Waals surface area contributed by atoms with Crippen molar-refractivity contribution in [2.45, 2.75) is 20.0 Å². The number of rotatable bonds is 7. The van der Waals surface area contributed by atoms with Crippen molar-refractivity contribution in [1.29, 1.82) is 5.26 Å². The summed E-state index contributed by atoms with van der Waals surface area (Å²) in [6, 6.07) is 2.08. The van der Waals surface area contributed by atoms with Crippen molar-refractivity contribution in [1.82, 2.24) is 9.97 Å². The Morgan fingerprint density at radius 2 is 2.24 bits per heavy atom. The predicted molar refractivity (Wildman–Crippen MR) is 80.7 cm³/mol. The average Bonchev–Trinajstić information content (AvgIpc) is 2.49. The molecule has 0 fully saturated rings. The molecule has 1 rings (SSSR count). The van der Waals surface area contributed by atoms with Crippen molar-refractivity contribution in [3.63, 3.8) is 0 Å². The summed E-state index contributed by atoms with van der Waals surface area (Å²) in [6.45, 7) is 5.81. The Kier molecular flexibility index (Phi) is 6.99. The number of methoxy groups -OCH3 is 1.